The van der Waals surface area contributed by atoms with Gasteiger partial charge in [-0.15, -0.1) is 0 Å². The van der Waals surface area contributed by atoms with Gasteiger partial charge in [0.15, 0.2) is 0 Å². The number of imide groups is 1. The first-order valence-corrected chi connectivity index (χ1v) is 10.6. The number of carbonyl (C=O) groups excluding carboxylic acids is 4. The molecule has 0 saturated carbocycles. The minimum atomic E-state index is -0.302. The lowest BCUT2D eigenvalue weighted by atomic mass is 9.96. The lowest BCUT2D eigenvalue weighted by Crippen LogP contribution is -2.44. The van der Waals surface area contributed by atoms with Gasteiger partial charge < -0.3 is 10.2 Å². The van der Waals surface area contributed by atoms with Gasteiger partial charge in [0.2, 0.25) is 11.8 Å². The fourth-order valence-corrected chi connectivity index (χ4v) is 4.17. The van der Waals surface area contributed by atoms with E-state index in [0.717, 1.165) is 18.5 Å². The highest BCUT2D eigenvalue weighted by Gasteiger charge is 2.35. The summed E-state index contributed by atoms with van der Waals surface area (Å²) in [5, 5.41) is 2.91. The van der Waals surface area contributed by atoms with E-state index in [4.69, 9.17) is 0 Å². The second kappa shape index (κ2) is 9.12. The molecule has 4 amide bonds. The SMILES string of the molecule is O=C(Nc1ccccc1)[C@H]1CCCN(C(=O)CCCN2C(=O)c3ccccc3C2=O)C1. The number of amides is 4. The average molecular weight is 419 g/mol. The van der Waals surface area contributed by atoms with Gasteiger partial charge in [0.1, 0.15) is 0 Å². The summed E-state index contributed by atoms with van der Waals surface area (Å²) in [6.45, 7) is 1.23. The molecule has 0 aromatic heterocycles. The van der Waals surface area contributed by atoms with Crippen LogP contribution >= 0.6 is 0 Å². The zero-order chi connectivity index (χ0) is 21.8. The van der Waals surface area contributed by atoms with Crippen LogP contribution in [0.1, 0.15) is 46.4 Å². The molecule has 2 aliphatic heterocycles. The lowest BCUT2D eigenvalue weighted by molar-refractivity contribution is -0.134. The number of rotatable bonds is 6. The van der Waals surface area contributed by atoms with Gasteiger partial charge in [-0.25, -0.2) is 0 Å². The number of hydrogen-bond donors (Lipinski definition) is 1. The van der Waals surface area contributed by atoms with E-state index in [-0.39, 0.29) is 42.5 Å². The number of nitrogens with one attached hydrogen (secondary N) is 1. The summed E-state index contributed by atoms with van der Waals surface area (Å²) in [5.74, 6) is -0.968. The predicted molar refractivity (Wildman–Crippen MR) is 115 cm³/mol. The highest BCUT2D eigenvalue weighted by atomic mass is 16.2. The van der Waals surface area contributed by atoms with Gasteiger partial charge in [-0.3, -0.25) is 24.1 Å². The summed E-state index contributed by atoms with van der Waals surface area (Å²) >= 11 is 0. The number of benzene rings is 2. The first-order chi connectivity index (χ1) is 15.0. The van der Waals surface area contributed by atoms with Crippen molar-refractivity contribution in [2.75, 3.05) is 25.0 Å². The van der Waals surface area contributed by atoms with E-state index in [1.54, 1.807) is 29.2 Å². The van der Waals surface area contributed by atoms with Crippen LogP contribution in [0.3, 0.4) is 0 Å². The molecule has 0 unspecified atom stereocenters. The third kappa shape index (κ3) is 4.50. The lowest BCUT2D eigenvalue weighted by Gasteiger charge is -2.32. The van der Waals surface area contributed by atoms with Crippen LogP contribution in [0.4, 0.5) is 5.69 Å². The monoisotopic (exact) mass is 419 g/mol. The average Bonchev–Trinajstić information content (AvgIpc) is 3.05. The molecule has 2 aliphatic rings. The largest absolute Gasteiger partial charge is 0.342 e. The maximum absolute atomic E-state index is 12.7. The minimum Gasteiger partial charge on any atom is -0.342 e. The third-order valence-electron chi connectivity index (χ3n) is 5.84. The Balaban J connectivity index is 1.27. The van der Waals surface area contributed by atoms with Crippen molar-refractivity contribution in [3.63, 3.8) is 0 Å². The highest BCUT2D eigenvalue weighted by Crippen LogP contribution is 2.23. The molecule has 0 bridgehead atoms. The highest BCUT2D eigenvalue weighted by molar-refractivity contribution is 6.21. The van der Waals surface area contributed by atoms with E-state index in [2.05, 4.69) is 5.32 Å². The van der Waals surface area contributed by atoms with Crippen molar-refractivity contribution in [3.8, 4) is 0 Å². The number of carbonyl (C=O) groups is 4. The van der Waals surface area contributed by atoms with Crippen molar-refractivity contribution in [1.82, 2.24) is 9.80 Å². The van der Waals surface area contributed by atoms with E-state index >= 15 is 0 Å². The molecule has 1 fully saturated rings. The molecular weight excluding hydrogens is 394 g/mol. The second-order valence-corrected chi connectivity index (χ2v) is 7.95. The number of piperidine rings is 1. The van der Waals surface area contributed by atoms with Crippen molar-refractivity contribution < 1.29 is 19.2 Å². The van der Waals surface area contributed by atoms with Crippen LogP contribution in [0.5, 0.6) is 0 Å². The van der Waals surface area contributed by atoms with E-state index in [1.807, 2.05) is 30.3 Å². The van der Waals surface area contributed by atoms with Crippen LogP contribution in [0, 0.1) is 5.92 Å². The van der Waals surface area contributed by atoms with Gasteiger partial charge in [-0.2, -0.15) is 0 Å². The molecule has 1 saturated heterocycles. The maximum atomic E-state index is 12.7. The molecule has 1 atom stereocenters. The van der Waals surface area contributed by atoms with Crippen molar-refractivity contribution >= 4 is 29.3 Å². The standard InChI is InChI=1S/C24H25N3O4/c28-21(13-7-15-27-23(30)19-11-4-5-12-20(19)24(27)31)26-14-6-8-17(16-26)22(29)25-18-9-2-1-3-10-18/h1-5,9-12,17H,6-8,13-16H2,(H,25,29)/t17-/m0/s1. The Morgan fingerprint density at radius 1 is 0.935 bits per heavy atom. The van der Waals surface area contributed by atoms with Gasteiger partial charge >= 0.3 is 0 Å². The fourth-order valence-electron chi connectivity index (χ4n) is 4.17. The zero-order valence-electron chi connectivity index (χ0n) is 17.3. The summed E-state index contributed by atoms with van der Waals surface area (Å²) in [4.78, 5) is 53.0. The Labute approximate surface area is 181 Å². The van der Waals surface area contributed by atoms with E-state index in [1.165, 1.54) is 4.90 Å². The van der Waals surface area contributed by atoms with Crippen LogP contribution in [-0.4, -0.2) is 53.1 Å². The molecule has 2 aromatic rings. The maximum Gasteiger partial charge on any atom is 0.261 e. The van der Waals surface area contributed by atoms with Crippen LogP contribution in [0.15, 0.2) is 54.6 Å². The Hall–Kier alpha value is -3.48. The molecule has 0 aliphatic carbocycles. The molecule has 7 heteroatoms. The van der Waals surface area contributed by atoms with E-state index in [9.17, 15) is 19.2 Å². The molecule has 0 spiro atoms. The number of hydrogen-bond acceptors (Lipinski definition) is 4. The van der Waals surface area contributed by atoms with Crippen LogP contribution in [-0.2, 0) is 9.59 Å². The van der Waals surface area contributed by atoms with Gasteiger partial charge in [0.05, 0.1) is 17.0 Å². The summed E-state index contributed by atoms with van der Waals surface area (Å²) in [7, 11) is 0. The molecule has 4 rings (SSSR count). The van der Waals surface area contributed by atoms with Crippen molar-refractivity contribution in [3.05, 3.63) is 65.7 Å². The zero-order valence-corrected chi connectivity index (χ0v) is 17.3. The van der Waals surface area contributed by atoms with Crippen LogP contribution in [0.25, 0.3) is 0 Å². The minimum absolute atomic E-state index is 0.0474. The molecule has 0 radical (unpaired) electrons. The van der Waals surface area contributed by atoms with Gasteiger partial charge in [0.25, 0.3) is 11.8 Å². The third-order valence-corrected chi connectivity index (χ3v) is 5.84. The molecule has 160 valence electrons. The van der Waals surface area contributed by atoms with Gasteiger partial charge in [-0.1, -0.05) is 30.3 Å². The molecule has 1 N–H and O–H groups in total. The number of nitrogens with zero attached hydrogens (tertiary/aromatic N) is 2. The second-order valence-electron chi connectivity index (χ2n) is 7.95. The fraction of sp³-hybridized carbons (Fsp3) is 0.333. The quantitative estimate of drug-likeness (QED) is 0.730. The Kier molecular flexibility index (Phi) is 6.11. The first kappa shape index (κ1) is 20.8. The summed E-state index contributed by atoms with van der Waals surface area (Å²) in [6, 6.07) is 16.0. The van der Waals surface area contributed by atoms with Gasteiger partial charge in [-0.05, 0) is 43.5 Å². The number of anilines is 1. The summed E-state index contributed by atoms with van der Waals surface area (Å²) in [6.07, 6.45) is 2.16. The normalized spacial score (nSPS) is 18.1. The smallest absolute Gasteiger partial charge is 0.261 e. The van der Waals surface area contributed by atoms with Crippen LogP contribution < -0.4 is 5.32 Å². The number of fused-ring (bicyclic) bond motifs is 1. The predicted octanol–water partition coefficient (Wildman–Crippen LogP) is 2.94. The van der Waals surface area contributed by atoms with E-state index in [0.29, 0.717) is 30.6 Å². The first-order valence-electron chi connectivity index (χ1n) is 10.6. The molecule has 2 aromatic carbocycles. The van der Waals surface area contributed by atoms with Gasteiger partial charge in [0, 0.05) is 31.7 Å². The Morgan fingerprint density at radius 2 is 1.58 bits per heavy atom. The summed E-state index contributed by atoms with van der Waals surface area (Å²) in [5.41, 5.74) is 1.58. The van der Waals surface area contributed by atoms with E-state index < -0.39 is 0 Å². The topological polar surface area (TPSA) is 86.8 Å². The molecule has 7 nitrogen and oxygen atoms in total. The number of para-hydroxylation sites is 1. The molecule has 2 heterocycles. The number of likely N-dealkylation sites (tertiary alicyclic amines) is 1. The molecular formula is C24H25N3O4. The van der Waals surface area contributed by atoms with Crippen molar-refractivity contribution in [2.45, 2.75) is 25.7 Å². The van der Waals surface area contributed by atoms with Crippen molar-refractivity contribution in [1.29, 1.82) is 0 Å². The Morgan fingerprint density at radius 3 is 2.26 bits per heavy atom. The molecule has 31 heavy (non-hydrogen) atoms. The van der Waals surface area contributed by atoms with Crippen LogP contribution in [0.2, 0.25) is 0 Å². The van der Waals surface area contributed by atoms with Crippen molar-refractivity contribution in [2.24, 2.45) is 5.92 Å². The Bertz CT molecular complexity index is 970. The summed E-state index contributed by atoms with van der Waals surface area (Å²) < 4.78 is 0.